The minimum atomic E-state index is 0.125. The first-order chi connectivity index (χ1) is 6.80. The van der Waals surface area contributed by atoms with Gasteiger partial charge in [0.05, 0.1) is 27.2 Å². The summed E-state index contributed by atoms with van der Waals surface area (Å²) >= 11 is 0. The van der Waals surface area contributed by atoms with E-state index in [4.69, 9.17) is 5.73 Å². The molecular weight excluding hydrogens is 184 g/mol. The molecule has 0 aliphatic rings. The average molecular weight is 217 g/mol. The van der Waals surface area contributed by atoms with Gasteiger partial charge in [-0.3, -0.25) is 0 Å². The van der Waals surface area contributed by atoms with Crippen molar-refractivity contribution in [1.29, 1.82) is 0 Å². The Labute approximate surface area is 97.4 Å². The third-order valence-corrected chi connectivity index (χ3v) is 3.82. The Hall–Kier alpha value is -0.0800. The second-order valence-electron chi connectivity index (χ2n) is 4.99. The van der Waals surface area contributed by atoms with Gasteiger partial charge in [-0.25, -0.2) is 0 Å². The maximum absolute atomic E-state index is 5.90. The molecule has 15 heavy (non-hydrogen) atoms. The van der Waals surface area contributed by atoms with Gasteiger partial charge in [-0.2, -0.15) is 0 Å². The molecule has 0 radical (unpaired) electrons. The third-order valence-electron chi connectivity index (χ3n) is 3.82. The van der Waals surface area contributed by atoms with Crippen LogP contribution in [0.2, 0.25) is 0 Å². The SMILES string of the molecule is CCC(N)(CC)CC.CC[N+](C)(C)CC. The molecule has 0 aliphatic carbocycles. The first-order valence-corrected chi connectivity index (χ1v) is 6.41. The smallest absolute Gasteiger partial charge is 0.0753 e. The lowest BCUT2D eigenvalue weighted by Gasteiger charge is -2.25. The number of nitrogens with zero attached hydrogens (tertiary/aromatic N) is 1. The zero-order chi connectivity index (χ0) is 12.5. The van der Waals surface area contributed by atoms with Gasteiger partial charge in [0, 0.05) is 5.54 Å². The van der Waals surface area contributed by atoms with E-state index in [0.717, 1.165) is 23.7 Å². The zero-order valence-electron chi connectivity index (χ0n) is 12.1. The van der Waals surface area contributed by atoms with E-state index in [2.05, 4.69) is 48.7 Å². The summed E-state index contributed by atoms with van der Waals surface area (Å²) in [5.74, 6) is 0. The van der Waals surface area contributed by atoms with E-state index in [1.54, 1.807) is 0 Å². The molecule has 0 aliphatic heterocycles. The maximum atomic E-state index is 5.90. The van der Waals surface area contributed by atoms with Crippen molar-refractivity contribution < 1.29 is 4.48 Å². The van der Waals surface area contributed by atoms with Gasteiger partial charge in [0.1, 0.15) is 0 Å². The summed E-state index contributed by atoms with van der Waals surface area (Å²) in [6.45, 7) is 13.3. The number of quaternary nitrogens is 1. The summed E-state index contributed by atoms with van der Waals surface area (Å²) in [5.41, 5.74) is 6.02. The molecule has 0 unspecified atom stereocenters. The van der Waals surface area contributed by atoms with Crippen LogP contribution in [0.4, 0.5) is 0 Å². The number of hydrogen-bond acceptors (Lipinski definition) is 1. The Balaban J connectivity index is 0. The second kappa shape index (κ2) is 8.12. The van der Waals surface area contributed by atoms with E-state index in [1.165, 1.54) is 13.1 Å². The number of hydrogen-bond donors (Lipinski definition) is 1. The minimum absolute atomic E-state index is 0.125. The summed E-state index contributed by atoms with van der Waals surface area (Å²) in [5, 5.41) is 0. The summed E-state index contributed by atoms with van der Waals surface area (Å²) in [4.78, 5) is 0. The molecule has 2 heteroatoms. The maximum Gasteiger partial charge on any atom is 0.0753 e. The molecule has 0 rings (SSSR count). The van der Waals surface area contributed by atoms with Crippen molar-refractivity contribution in [3.05, 3.63) is 0 Å². The predicted octanol–water partition coefficient (Wildman–Crippen LogP) is 3.02. The van der Waals surface area contributed by atoms with Crippen molar-refractivity contribution >= 4 is 0 Å². The quantitative estimate of drug-likeness (QED) is 0.704. The lowest BCUT2D eigenvalue weighted by molar-refractivity contribution is -0.886. The molecule has 2 nitrogen and oxygen atoms in total. The molecular formula is C13H33N2+. The van der Waals surface area contributed by atoms with Gasteiger partial charge >= 0.3 is 0 Å². The molecule has 0 saturated heterocycles. The van der Waals surface area contributed by atoms with Gasteiger partial charge < -0.3 is 10.2 Å². The molecule has 0 bridgehead atoms. The molecule has 0 aromatic heterocycles. The molecule has 94 valence electrons. The molecule has 0 aromatic carbocycles. The van der Waals surface area contributed by atoms with Crippen LogP contribution in [0.25, 0.3) is 0 Å². The Kier molecular flexibility index (Phi) is 9.37. The Bertz CT molecular complexity index is 123. The minimum Gasteiger partial charge on any atom is -0.329 e. The van der Waals surface area contributed by atoms with Crippen LogP contribution in [-0.4, -0.2) is 37.2 Å². The number of rotatable bonds is 5. The monoisotopic (exact) mass is 217 g/mol. The van der Waals surface area contributed by atoms with Crippen LogP contribution in [0, 0.1) is 0 Å². The van der Waals surface area contributed by atoms with Crippen molar-refractivity contribution in [2.24, 2.45) is 5.73 Å². The van der Waals surface area contributed by atoms with Gasteiger partial charge in [0.2, 0.25) is 0 Å². The fourth-order valence-corrected chi connectivity index (χ4v) is 0.974. The fourth-order valence-electron chi connectivity index (χ4n) is 0.974. The van der Waals surface area contributed by atoms with Gasteiger partial charge in [-0.1, -0.05) is 20.8 Å². The highest BCUT2D eigenvalue weighted by atomic mass is 15.3. The van der Waals surface area contributed by atoms with Crippen molar-refractivity contribution in [2.75, 3.05) is 27.2 Å². The highest BCUT2D eigenvalue weighted by Crippen LogP contribution is 2.14. The lowest BCUT2D eigenvalue weighted by atomic mass is 9.92. The first-order valence-electron chi connectivity index (χ1n) is 6.41. The Morgan fingerprint density at radius 1 is 0.800 bits per heavy atom. The third kappa shape index (κ3) is 8.88. The van der Waals surface area contributed by atoms with Crippen molar-refractivity contribution in [3.8, 4) is 0 Å². The summed E-state index contributed by atoms with van der Waals surface area (Å²) in [7, 11) is 4.47. The summed E-state index contributed by atoms with van der Waals surface area (Å²) in [6, 6.07) is 0. The molecule has 0 fully saturated rings. The van der Waals surface area contributed by atoms with Crippen molar-refractivity contribution in [3.63, 3.8) is 0 Å². The van der Waals surface area contributed by atoms with Gasteiger partial charge in [0.15, 0.2) is 0 Å². The normalized spacial score (nSPS) is 12.0. The van der Waals surface area contributed by atoms with E-state index < -0.39 is 0 Å². The lowest BCUT2D eigenvalue weighted by Crippen LogP contribution is -2.38. The summed E-state index contributed by atoms with van der Waals surface area (Å²) < 4.78 is 1.14. The van der Waals surface area contributed by atoms with Gasteiger partial charge in [0.25, 0.3) is 0 Å². The van der Waals surface area contributed by atoms with Crippen LogP contribution in [0.5, 0.6) is 0 Å². The molecule has 0 spiro atoms. The largest absolute Gasteiger partial charge is 0.329 e. The van der Waals surface area contributed by atoms with Crippen LogP contribution in [0.1, 0.15) is 53.9 Å². The summed E-state index contributed by atoms with van der Waals surface area (Å²) in [6.07, 6.45) is 3.29. The molecule has 0 atom stereocenters. The average Bonchev–Trinajstić information content (AvgIpc) is 2.29. The highest BCUT2D eigenvalue weighted by Gasteiger charge is 2.15. The van der Waals surface area contributed by atoms with Crippen LogP contribution >= 0.6 is 0 Å². The van der Waals surface area contributed by atoms with Gasteiger partial charge in [-0.05, 0) is 33.1 Å². The van der Waals surface area contributed by atoms with Crippen molar-refractivity contribution in [2.45, 2.75) is 59.4 Å². The van der Waals surface area contributed by atoms with Crippen LogP contribution < -0.4 is 5.73 Å². The molecule has 0 aromatic rings. The zero-order valence-corrected chi connectivity index (χ0v) is 12.1. The Morgan fingerprint density at radius 2 is 1.07 bits per heavy atom. The van der Waals surface area contributed by atoms with Gasteiger partial charge in [-0.15, -0.1) is 0 Å². The molecule has 0 amide bonds. The predicted molar refractivity (Wildman–Crippen MR) is 71.0 cm³/mol. The van der Waals surface area contributed by atoms with Crippen molar-refractivity contribution in [1.82, 2.24) is 0 Å². The van der Waals surface area contributed by atoms with Crippen LogP contribution in [0.3, 0.4) is 0 Å². The van der Waals surface area contributed by atoms with E-state index in [9.17, 15) is 0 Å². The van der Waals surface area contributed by atoms with Crippen LogP contribution in [0.15, 0.2) is 0 Å². The van der Waals surface area contributed by atoms with Crippen LogP contribution in [-0.2, 0) is 0 Å². The number of nitrogens with two attached hydrogens (primary N) is 1. The van der Waals surface area contributed by atoms with E-state index in [-0.39, 0.29) is 5.54 Å². The topological polar surface area (TPSA) is 26.0 Å². The fraction of sp³-hybridized carbons (Fsp3) is 1.00. The Morgan fingerprint density at radius 3 is 1.07 bits per heavy atom. The second-order valence-corrected chi connectivity index (χ2v) is 4.99. The molecule has 0 saturated carbocycles. The molecule has 0 heterocycles. The first kappa shape index (κ1) is 17.3. The molecule has 2 N–H and O–H groups in total. The van der Waals surface area contributed by atoms with E-state index in [1.807, 2.05) is 0 Å². The van der Waals surface area contributed by atoms with E-state index in [0.29, 0.717) is 0 Å². The standard InChI is InChI=1S/C7H17N.C6H16N/c1-4-7(8,5-2)6-3;1-5-7(3,4)6-2/h4-6,8H2,1-3H3;5-6H2,1-4H3/q;+1. The van der Waals surface area contributed by atoms with E-state index >= 15 is 0 Å². The highest BCUT2D eigenvalue weighted by molar-refractivity contribution is 4.77.